The maximum Gasteiger partial charge on any atom is 0.410 e. The number of rotatable bonds is 24. The molecular formula is C39H56ClN3O11. The van der Waals surface area contributed by atoms with Crippen molar-refractivity contribution >= 4 is 46.4 Å². The SMILES string of the molecule is COCCOCCOCCOCCN(Cc1ccccc1C(=O)Cl)C(=O)OCc1ccc(NC(=O)[C@H](C)NC(=O)[C@@H](CC(=O)OC(C)(C)C)C(C)C)cc1. The van der Waals surface area contributed by atoms with Gasteiger partial charge < -0.3 is 44.0 Å². The standard InChI is InChI=1S/C39H56ClN3O11/c1-27(2)33(24-34(44)54-39(4,5)6)37(47)41-28(3)36(46)42-31-14-12-29(13-15-31)26-53-38(48)43(25-30-10-8-9-11-32(30)35(40)45)16-17-50-20-21-52-23-22-51-19-18-49-7/h8-15,27-28,33H,16-26H2,1-7H3,(H,41,47)(H,42,46)/t28-,33-/m0/s1. The minimum Gasteiger partial charge on any atom is -0.460 e. The fourth-order valence-corrected chi connectivity index (χ4v) is 5.08. The number of ether oxygens (including phenoxy) is 6. The van der Waals surface area contributed by atoms with Crippen molar-refractivity contribution in [2.75, 3.05) is 65.2 Å². The highest BCUT2D eigenvalue weighted by Crippen LogP contribution is 2.20. The number of hydrogen-bond donors (Lipinski definition) is 2. The van der Waals surface area contributed by atoms with Crippen molar-refractivity contribution in [1.29, 1.82) is 0 Å². The number of hydrogen-bond acceptors (Lipinski definition) is 11. The Morgan fingerprint density at radius 1 is 0.796 bits per heavy atom. The van der Waals surface area contributed by atoms with E-state index in [1.165, 1.54) is 4.90 Å². The van der Waals surface area contributed by atoms with Gasteiger partial charge in [-0.1, -0.05) is 44.2 Å². The van der Waals surface area contributed by atoms with Crippen molar-refractivity contribution < 1.29 is 52.4 Å². The molecule has 15 heteroatoms. The molecule has 0 unspecified atom stereocenters. The fraction of sp³-hybridized carbons (Fsp3) is 0.564. The van der Waals surface area contributed by atoms with Crippen molar-refractivity contribution in [3.8, 4) is 0 Å². The average Bonchev–Trinajstić information content (AvgIpc) is 3.11. The van der Waals surface area contributed by atoms with Crippen molar-refractivity contribution in [3.63, 3.8) is 0 Å². The molecule has 0 saturated carbocycles. The van der Waals surface area contributed by atoms with Gasteiger partial charge in [0.15, 0.2) is 0 Å². The van der Waals surface area contributed by atoms with Crippen LogP contribution in [0, 0.1) is 11.8 Å². The van der Waals surface area contributed by atoms with Crippen LogP contribution >= 0.6 is 11.6 Å². The van der Waals surface area contributed by atoms with Crippen LogP contribution in [0.2, 0.25) is 0 Å². The molecule has 3 amide bonds. The van der Waals surface area contributed by atoms with Crippen LogP contribution in [0.4, 0.5) is 10.5 Å². The Labute approximate surface area is 323 Å². The van der Waals surface area contributed by atoms with E-state index in [1.807, 2.05) is 13.8 Å². The second-order valence-electron chi connectivity index (χ2n) is 13.8. The Balaban J connectivity index is 1.92. The van der Waals surface area contributed by atoms with E-state index in [1.54, 1.807) is 83.3 Å². The maximum absolute atomic E-state index is 13.3. The maximum atomic E-state index is 13.3. The van der Waals surface area contributed by atoms with Gasteiger partial charge in [0, 0.05) is 31.5 Å². The molecule has 0 aromatic heterocycles. The second kappa shape index (κ2) is 24.4. The number of benzene rings is 2. The highest BCUT2D eigenvalue weighted by molar-refractivity contribution is 6.67. The van der Waals surface area contributed by atoms with E-state index >= 15 is 0 Å². The van der Waals surface area contributed by atoms with Gasteiger partial charge in [-0.3, -0.25) is 19.2 Å². The number of carbonyl (C=O) groups is 5. The highest BCUT2D eigenvalue weighted by atomic mass is 35.5. The summed E-state index contributed by atoms with van der Waals surface area (Å²) in [6.07, 6.45) is -0.733. The van der Waals surface area contributed by atoms with Gasteiger partial charge in [0.1, 0.15) is 18.2 Å². The molecule has 14 nitrogen and oxygen atoms in total. The molecule has 54 heavy (non-hydrogen) atoms. The van der Waals surface area contributed by atoms with Crippen molar-refractivity contribution in [3.05, 3.63) is 65.2 Å². The molecule has 2 N–H and O–H groups in total. The predicted molar refractivity (Wildman–Crippen MR) is 203 cm³/mol. The smallest absolute Gasteiger partial charge is 0.410 e. The fourth-order valence-electron chi connectivity index (χ4n) is 4.90. The Morgan fingerprint density at radius 2 is 1.39 bits per heavy atom. The first-order valence-corrected chi connectivity index (χ1v) is 18.3. The van der Waals surface area contributed by atoms with Gasteiger partial charge in [-0.25, -0.2) is 4.79 Å². The van der Waals surface area contributed by atoms with Crippen molar-refractivity contribution in [2.45, 2.75) is 72.8 Å². The number of anilines is 1. The zero-order valence-corrected chi connectivity index (χ0v) is 33.2. The normalized spacial score (nSPS) is 12.5. The molecule has 0 saturated heterocycles. The Kier molecular flexibility index (Phi) is 20.8. The lowest BCUT2D eigenvalue weighted by Gasteiger charge is -2.25. The minimum absolute atomic E-state index is 0.0603. The molecule has 2 aromatic carbocycles. The number of amides is 3. The first-order valence-electron chi connectivity index (χ1n) is 17.9. The van der Waals surface area contributed by atoms with Gasteiger partial charge >= 0.3 is 12.1 Å². The largest absolute Gasteiger partial charge is 0.460 e. The van der Waals surface area contributed by atoms with E-state index in [4.69, 9.17) is 40.0 Å². The highest BCUT2D eigenvalue weighted by Gasteiger charge is 2.30. The quantitative estimate of drug-likeness (QED) is 0.0802. The van der Waals surface area contributed by atoms with E-state index in [9.17, 15) is 24.0 Å². The summed E-state index contributed by atoms with van der Waals surface area (Å²) in [5.41, 5.74) is 1.28. The number of methoxy groups -OCH3 is 1. The summed E-state index contributed by atoms with van der Waals surface area (Å²) in [7, 11) is 1.60. The van der Waals surface area contributed by atoms with Crippen LogP contribution in [0.5, 0.6) is 0 Å². The first-order chi connectivity index (χ1) is 25.6. The van der Waals surface area contributed by atoms with Gasteiger partial charge in [-0.05, 0) is 74.5 Å². The summed E-state index contributed by atoms with van der Waals surface area (Å²) in [6.45, 7) is 13.4. The van der Waals surface area contributed by atoms with E-state index < -0.39 is 46.7 Å². The minimum atomic E-state index is -0.884. The molecular weight excluding hydrogens is 722 g/mol. The lowest BCUT2D eigenvalue weighted by Crippen LogP contribution is -2.45. The number of esters is 1. The number of nitrogens with one attached hydrogen (secondary N) is 2. The number of nitrogens with zero attached hydrogens (tertiary/aromatic N) is 1. The van der Waals surface area contributed by atoms with Crippen LogP contribution < -0.4 is 10.6 Å². The molecule has 0 aliphatic heterocycles. The van der Waals surface area contributed by atoms with E-state index in [-0.39, 0.29) is 44.2 Å². The molecule has 2 atom stereocenters. The molecule has 0 fully saturated rings. The van der Waals surface area contributed by atoms with Crippen LogP contribution in [-0.2, 0) is 56.0 Å². The van der Waals surface area contributed by atoms with Crippen LogP contribution in [-0.4, -0.2) is 106 Å². The summed E-state index contributed by atoms with van der Waals surface area (Å²) in [5, 5.41) is 4.82. The summed E-state index contributed by atoms with van der Waals surface area (Å²) < 4.78 is 32.4. The Morgan fingerprint density at radius 3 is 1.96 bits per heavy atom. The van der Waals surface area contributed by atoms with Crippen LogP contribution in [0.25, 0.3) is 0 Å². The van der Waals surface area contributed by atoms with E-state index in [0.29, 0.717) is 56.5 Å². The molecule has 0 radical (unpaired) electrons. The zero-order chi connectivity index (χ0) is 40.1. The lowest BCUT2D eigenvalue weighted by molar-refractivity contribution is -0.158. The summed E-state index contributed by atoms with van der Waals surface area (Å²) >= 11 is 5.79. The van der Waals surface area contributed by atoms with Gasteiger partial charge in [0.25, 0.3) is 5.24 Å². The molecule has 0 bridgehead atoms. The summed E-state index contributed by atoms with van der Waals surface area (Å²) in [4.78, 5) is 65.0. The third-order valence-corrected chi connectivity index (χ3v) is 8.02. The molecule has 2 aromatic rings. The third-order valence-electron chi connectivity index (χ3n) is 7.81. The van der Waals surface area contributed by atoms with E-state index in [2.05, 4.69) is 10.6 Å². The predicted octanol–water partition coefficient (Wildman–Crippen LogP) is 5.35. The molecule has 2 rings (SSSR count). The molecule has 0 heterocycles. The van der Waals surface area contributed by atoms with Gasteiger partial charge in [0.2, 0.25) is 11.8 Å². The summed E-state index contributed by atoms with van der Waals surface area (Å²) in [6, 6.07) is 12.5. The van der Waals surface area contributed by atoms with Gasteiger partial charge in [0.05, 0.1) is 58.6 Å². The Bertz CT molecular complexity index is 1480. The first kappa shape index (κ1) is 46.1. The lowest BCUT2D eigenvalue weighted by atomic mass is 9.91. The van der Waals surface area contributed by atoms with Gasteiger partial charge in [-0.15, -0.1) is 0 Å². The second-order valence-corrected chi connectivity index (χ2v) is 14.1. The van der Waals surface area contributed by atoms with Crippen LogP contribution in [0.15, 0.2) is 48.5 Å². The average molecular weight is 778 g/mol. The molecule has 0 spiro atoms. The van der Waals surface area contributed by atoms with Crippen molar-refractivity contribution in [1.82, 2.24) is 10.2 Å². The number of carbonyl (C=O) groups excluding carboxylic acids is 5. The third kappa shape index (κ3) is 18.3. The summed E-state index contributed by atoms with van der Waals surface area (Å²) in [5.74, 6) is -2.18. The van der Waals surface area contributed by atoms with Crippen molar-refractivity contribution in [2.24, 2.45) is 11.8 Å². The van der Waals surface area contributed by atoms with Crippen LogP contribution in [0.1, 0.15) is 69.4 Å². The zero-order valence-electron chi connectivity index (χ0n) is 32.4. The van der Waals surface area contributed by atoms with Gasteiger partial charge in [-0.2, -0.15) is 0 Å². The molecule has 0 aliphatic rings. The Hall–Kier alpha value is -4.08. The monoisotopic (exact) mass is 777 g/mol. The topological polar surface area (TPSA) is 168 Å². The molecule has 0 aliphatic carbocycles. The van der Waals surface area contributed by atoms with Crippen LogP contribution in [0.3, 0.4) is 0 Å². The van der Waals surface area contributed by atoms with E-state index in [0.717, 1.165) is 0 Å². The number of halogens is 1. The molecule has 300 valence electrons.